The summed E-state index contributed by atoms with van der Waals surface area (Å²) < 4.78 is 5.57. The molecule has 1 heterocycles. The quantitative estimate of drug-likeness (QED) is 0.719. The Hall–Kier alpha value is -1.97. The number of carbonyl (C=O) groups is 1. The van der Waals surface area contributed by atoms with Gasteiger partial charge in [-0.05, 0) is 49.2 Å². The Morgan fingerprint density at radius 2 is 1.91 bits per heavy atom. The van der Waals surface area contributed by atoms with Crippen molar-refractivity contribution in [2.75, 3.05) is 6.54 Å². The lowest BCUT2D eigenvalue weighted by Crippen LogP contribution is -2.25. The van der Waals surface area contributed by atoms with Gasteiger partial charge in [0.1, 0.15) is 5.58 Å². The zero-order chi connectivity index (χ0) is 16.4. The molecule has 1 N–H and O–H groups in total. The fourth-order valence-corrected chi connectivity index (χ4v) is 2.70. The van der Waals surface area contributed by atoms with Crippen molar-refractivity contribution in [1.29, 1.82) is 0 Å². The molecule has 0 unspecified atom stereocenters. The van der Waals surface area contributed by atoms with Crippen LogP contribution in [0.25, 0.3) is 11.0 Å². The van der Waals surface area contributed by atoms with E-state index in [1.165, 1.54) is 0 Å². The van der Waals surface area contributed by atoms with Crippen molar-refractivity contribution >= 4 is 40.1 Å². The van der Waals surface area contributed by atoms with Crippen LogP contribution in [0.4, 0.5) is 0 Å². The number of hydrogen-bond donors (Lipinski definition) is 1. The van der Waals surface area contributed by atoms with Crippen molar-refractivity contribution in [3.05, 3.63) is 69.4 Å². The molecular weight excluding hydrogens is 333 g/mol. The highest BCUT2D eigenvalue weighted by molar-refractivity contribution is 6.42. The van der Waals surface area contributed by atoms with Crippen LogP contribution in [0, 0.1) is 6.92 Å². The predicted octanol–water partition coefficient (Wildman–Crippen LogP) is 5.02. The summed E-state index contributed by atoms with van der Waals surface area (Å²) in [6, 6.07) is 13.0. The third-order valence-corrected chi connectivity index (χ3v) is 4.32. The van der Waals surface area contributed by atoms with E-state index < -0.39 is 0 Å². The Morgan fingerprint density at radius 1 is 1.09 bits per heavy atom. The van der Waals surface area contributed by atoms with Crippen LogP contribution in [0.5, 0.6) is 0 Å². The second-order valence-electron chi connectivity index (χ2n) is 5.41. The minimum Gasteiger partial charge on any atom is -0.451 e. The van der Waals surface area contributed by atoms with Gasteiger partial charge in [-0.3, -0.25) is 4.79 Å². The lowest BCUT2D eigenvalue weighted by Gasteiger charge is -2.04. The van der Waals surface area contributed by atoms with Gasteiger partial charge in [-0.2, -0.15) is 0 Å². The van der Waals surface area contributed by atoms with Crippen LogP contribution in [-0.4, -0.2) is 12.5 Å². The number of hydrogen-bond acceptors (Lipinski definition) is 2. The first-order chi connectivity index (χ1) is 11.0. The standard InChI is InChI=1S/C18H15Cl2NO2/c1-11-2-5-16-13(8-11)10-17(23-16)18(22)21-7-6-12-3-4-14(19)15(20)9-12/h2-5,8-10H,6-7H2,1H3,(H,21,22). The van der Waals surface area contributed by atoms with E-state index in [1.807, 2.05) is 31.2 Å². The highest BCUT2D eigenvalue weighted by Crippen LogP contribution is 2.23. The van der Waals surface area contributed by atoms with E-state index in [4.69, 9.17) is 27.6 Å². The summed E-state index contributed by atoms with van der Waals surface area (Å²) in [7, 11) is 0. The number of nitrogens with one attached hydrogen (secondary N) is 1. The van der Waals surface area contributed by atoms with Gasteiger partial charge in [-0.1, -0.05) is 40.9 Å². The van der Waals surface area contributed by atoms with Crippen molar-refractivity contribution in [3.63, 3.8) is 0 Å². The number of halogens is 2. The molecule has 1 amide bonds. The smallest absolute Gasteiger partial charge is 0.287 e. The van der Waals surface area contributed by atoms with Gasteiger partial charge in [0.05, 0.1) is 10.0 Å². The van der Waals surface area contributed by atoms with Crippen molar-refractivity contribution in [2.24, 2.45) is 0 Å². The molecule has 2 aromatic carbocycles. The largest absolute Gasteiger partial charge is 0.451 e. The maximum Gasteiger partial charge on any atom is 0.287 e. The molecule has 0 bridgehead atoms. The van der Waals surface area contributed by atoms with Gasteiger partial charge < -0.3 is 9.73 Å². The second kappa shape index (κ2) is 6.65. The van der Waals surface area contributed by atoms with Crippen molar-refractivity contribution in [1.82, 2.24) is 5.32 Å². The lowest BCUT2D eigenvalue weighted by atomic mass is 10.1. The molecule has 118 valence electrons. The number of carbonyl (C=O) groups excluding carboxylic acids is 1. The summed E-state index contributed by atoms with van der Waals surface area (Å²) >= 11 is 11.9. The molecule has 3 aromatic rings. The van der Waals surface area contributed by atoms with Crippen molar-refractivity contribution in [3.8, 4) is 0 Å². The number of aryl methyl sites for hydroxylation is 1. The molecule has 0 aliphatic heterocycles. The molecule has 0 saturated heterocycles. The molecule has 0 spiro atoms. The molecule has 3 nitrogen and oxygen atoms in total. The van der Waals surface area contributed by atoms with E-state index in [0.29, 0.717) is 34.4 Å². The maximum absolute atomic E-state index is 12.2. The van der Waals surface area contributed by atoms with Gasteiger partial charge >= 0.3 is 0 Å². The molecule has 0 atom stereocenters. The lowest BCUT2D eigenvalue weighted by molar-refractivity contribution is 0.0928. The molecule has 0 aliphatic rings. The Kier molecular flexibility index (Phi) is 4.60. The van der Waals surface area contributed by atoms with E-state index in [0.717, 1.165) is 16.5 Å². The minimum absolute atomic E-state index is 0.223. The van der Waals surface area contributed by atoms with Crippen LogP contribution < -0.4 is 5.32 Å². The molecule has 5 heteroatoms. The van der Waals surface area contributed by atoms with Gasteiger partial charge in [0.25, 0.3) is 5.91 Å². The van der Waals surface area contributed by atoms with E-state index >= 15 is 0 Å². The average Bonchev–Trinajstić information content (AvgIpc) is 2.94. The zero-order valence-electron chi connectivity index (χ0n) is 12.5. The maximum atomic E-state index is 12.2. The van der Waals surface area contributed by atoms with Crippen LogP contribution in [0.15, 0.2) is 46.9 Å². The molecule has 0 fully saturated rings. The first-order valence-corrected chi connectivity index (χ1v) is 8.01. The third kappa shape index (κ3) is 3.69. The Balaban J connectivity index is 1.63. The van der Waals surface area contributed by atoms with E-state index in [-0.39, 0.29) is 5.91 Å². The predicted molar refractivity (Wildman–Crippen MR) is 93.5 cm³/mol. The van der Waals surface area contributed by atoms with E-state index in [9.17, 15) is 4.79 Å². The van der Waals surface area contributed by atoms with Crippen LogP contribution in [0.1, 0.15) is 21.7 Å². The average molecular weight is 348 g/mol. The zero-order valence-corrected chi connectivity index (χ0v) is 14.0. The van der Waals surface area contributed by atoms with E-state index in [2.05, 4.69) is 5.32 Å². The number of benzene rings is 2. The topological polar surface area (TPSA) is 42.2 Å². The van der Waals surface area contributed by atoms with Crippen LogP contribution in [-0.2, 0) is 6.42 Å². The summed E-state index contributed by atoms with van der Waals surface area (Å²) in [6.07, 6.45) is 0.669. The highest BCUT2D eigenvalue weighted by atomic mass is 35.5. The van der Waals surface area contributed by atoms with E-state index in [1.54, 1.807) is 18.2 Å². The van der Waals surface area contributed by atoms with Crippen molar-refractivity contribution in [2.45, 2.75) is 13.3 Å². The number of fused-ring (bicyclic) bond motifs is 1. The fraction of sp³-hybridized carbons (Fsp3) is 0.167. The van der Waals surface area contributed by atoms with Gasteiger partial charge in [-0.25, -0.2) is 0 Å². The Labute approximate surface area is 144 Å². The molecular formula is C18H15Cl2NO2. The third-order valence-electron chi connectivity index (χ3n) is 3.58. The SMILES string of the molecule is Cc1ccc2oc(C(=O)NCCc3ccc(Cl)c(Cl)c3)cc2c1. The van der Waals surface area contributed by atoms with Gasteiger partial charge in [0.2, 0.25) is 0 Å². The van der Waals surface area contributed by atoms with Crippen LogP contribution in [0.3, 0.4) is 0 Å². The molecule has 0 saturated carbocycles. The number of furan rings is 1. The molecule has 1 aromatic heterocycles. The van der Waals surface area contributed by atoms with Gasteiger partial charge in [0, 0.05) is 11.9 Å². The summed E-state index contributed by atoms with van der Waals surface area (Å²) in [6.45, 7) is 2.50. The normalized spacial score (nSPS) is 10.9. The fourth-order valence-electron chi connectivity index (χ4n) is 2.38. The summed E-state index contributed by atoms with van der Waals surface area (Å²) in [4.78, 5) is 12.2. The molecule has 3 rings (SSSR count). The Bertz CT molecular complexity index is 871. The first kappa shape index (κ1) is 15.9. The highest BCUT2D eigenvalue weighted by Gasteiger charge is 2.12. The summed E-state index contributed by atoms with van der Waals surface area (Å²) in [5.41, 5.74) is 2.86. The van der Waals surface area contributed by atoms with Crippen LogP contribution in [0.2, 0.25) is 10.0 Å². The summed E-state index contributed by atoms with van der Waals surface area (Å²) in [5, 5.41) is 4.82. The Morgan fingerprint density at radius 3 is 2.70 bits per heavy atom. The number of rotatable bonds is 4. The van der Waals surface area contributed by atoms with Gasteiger partial charge in [-0.15, -0.1) is 0 Å². The second-order valence-corrected chi connectivity index (χ2v) is 6.22. The molecule has 23 heavy (non-hydrogen) atoms. The molecule has 0 aliphatic carbocycles. The monoisotopic (exact) mass is 347 g/mol. The summed E-state index contributed by atoms with van der Waals surface area (Å²) in [5.74, 6) is 0.0960. The number of amides is 1. The van der Waals surface area contributed by atoms with Crippen molar-refractivity contribution < 1.29 is 9.21 Å². The van der Waals surface area contributed by atoms with Crippen LogP contribution >= 0.6 is 23.2 Å². The minimum atomic E-state index is -0.223. The van der Waals surface area contributed by atoms with Gasteiger partial charge in [0.15, 0.2) is 5.76 Å². The molecule has 0 radical (unpaired) electrons. The first-order valence-electron chi connectivity index (χ1n) is 7.25.